The van der Waals surface area contributed by atoms with Crippen molar-refractivity contribution in [1.82, 2.24) is 0 Å². The van der Waals surface area contributed by atoms with Crippen LogP contribution in [0.5, 0.6) is 5.75 Å². The van der Waals surface area contributed by atoms with Gasteiger partial charge in [-0.2, -0.15) is 16.8 Å². The zero-order chi connectivity index (χ0) is 29.9. The number of carbonyl (C=O) groups is 1. The van der Waals surface area contributed by atoms with Crippen LogP contribution < -0.4 is 11.1 Å². The number of carbonyl (C=O) groups excluding carboxylic acids is 1. The van der Waals surface area contributed by atoms with Gasteiger partial charge in [0.2, 0.25) is 0 Å². The van der Waals surface area contributed by atoms with Crippen LogP contribution in [0.25, 0.3) is 10.8 Å². The van der Waals surface area contributed by atoms with Crippen molar-refractivity contribution in [3.05, 3.63) is 72.3 Å². The normalized spacial score (nSPS) is 12.2. The van der Waals surface area contributed by atoms with E-state index in [2.05, 4.69) is 24.9 Å². The van der Waals surface area contributed by atoms with E-state index in [4.69, 9.17) is 11.0 Å². The summed E-state index contributed by atoms with van der Waals surface area (Å²) in [4.78, 5) is 11.4. The molecule has 214 valence electrons. The number of nitrogens with two attached hydrogens (primary N) is 1. The zero-order valence-electron chi connectivity index (χ0n) is 20.2. The van der Waals surface area contributed by atoms with Gasteiger partial charge in [0.25, 0.3) is 26.1 Å². The van der Waals surface area contributed by atoms with Crippen molar-refractivity contribution in [2.24, 2.45) is 10.2 Å². The van der Waals surface area contributed by atoms with Gasteiger partial charge in [0.1, 0.15) is 16.3 Å². The quantitative estimate of drug-likeness (QED) is 0.0370. The number of azo groups is 1. The number of benzene rings is 4. The molecule has 0 radical (unpaired) electrons. The molecule has 0 aliphatic heterocycles. The number of aromatic hydroxyl groups is 1. The van der Waals surface area contributed by atoms with E-state index < -0.39 is 53.1 Å². The lowest BCUT2D eigenvalue weighted by Crippen LogP contribution is -2.13. The Bertz CT molecular complexity index is 1900. The maximum absolute atomic E-state index is 12.9. The summed E-state index contributed by atoms with van der Waals surface area (Å²) in [5, 5.41) is 33.4. The van der Waals surface area contributed by atoms with Gasteiger partial charge in [-0.1, -0.05) is 23.2 Å². The third-order valence-corrected chi connectivity index (χ3v) is 7.73. The van der Waals surface area contributed by atoms with Crippen LogP contribution in [0.4, 0.5) is 22.7 Å². The predicted molar refractivity (Wildman–Crippen MR) is 145 cm³/mol. The maximum Gasteiger partial charge on any atom is 0.296 e. The molecular formula is C23H18N4O11S3. The lowest BCUT2D eigenvalue weighted by atomic mass is 10.1. The molecule has 0 aliphatic carbocycles. The fourth-order valence-corrected chi connectivity index (χ4v) is 5.28. The molecule has 41 heavy (non-hydrogen) atoms. The Balaban J connectivity index is 1.97. The number of amides is 1. The van der Waals surface area contributed by atoms with Gasteiger partial charge in [-0.25, -0.2) is 5.26 Å². The highest BCUT2D eigenvalue weighted by Crippen LogP contribution is 2.47. The van der Waals surface area contributed by atoms with Gasteiger partial charge in [-0.3, -0.25) is 13.9 Å². The van der Waals surface area contributed by atoms with Crippen LogP contribution >= 0.6 is 12.0 Å². The van der Waals surface area contributed by atoms with Crippen LogP contribution in [0.1, 0.15) is 10.4 Å². The molecule has 4 rings (SSSR count). The lowest BCUT2D eigenvalue weighted by Gasteiger charge is -2.15. The van der Waals surface area contributed by atoms with Crippen LogP contribution in [-0.4, -0.2) is 42.2 Å². The molecule has 0 fully saturated rings. The predicted octanol–water partition coefficient (Wildman–Crippen LogP) is 4.72. The lowest BCUT2D eigenvalue weighted by molar-refractivity contribution is -0.432. The second kappa shape index (κ2) is 11.8. The molecule has 0 saturated heterocycles. The fraction of sp³-hybridized carbons (Fsp3) is 0. The summed E-state index contributed by atoms with van der Waals surface area (Å²) in [6.07, 6.45) is 0. The smallest absolute Gasteiger partial charge is 0.296 e. The van der Waals surface area contributed by atoms with Crippen molar-refractivity contribution in [3.63, 3.8) is 0 Å². The van der Waals surface area contributed by atoms with Crippen LogP contribution in [0, 0.1) is 0 Å². The molecule has 0 heterocycles. The Morgan fingerprint density at radius 1 is 0.927 bits per heavy atom. The largest absolute Gasteiger partial charge is 0.505 e. The van der Waals surface area contributed by atoms with Gasteiger partial charge in [0.05, 0.1) is 27.5 Å². The molecule has 0 atom stereocenters. The first-order valence-electron chi connectivity index (χ1n) is 10.9. The van der Waals surface area contributed by atoms with E-state index in [1.807, 2.05) is 0 Å². The number of nitrogens with one attached hydrogen (secondary N) is 1. The maximum atomic E-state index is 12.9. The van der Waals surface area contributed by atoms with Gasteiger partial charge in [-0.15, -0.1) is 14.6 Å². The molecule has 7 N–H and O–H groups in total. The number of hydrogen-bond donors (Lipinski definition) is 6. The van der Waals surface area contributed by atoms with Crippen LogP contribution in [-0.2, 0) is 29.6 Å². The summed E-state index contributed by atoms with van der Waals surface area (Å²) >= 11 is 0.276. The van der Waals surface area contributed by atoms with Crippen molar-refractivity contribution in [1.29, 1.82) is 0 Å². The first-order valence-corrected chi connectivity index (χ1v) is 14.5. The summed E-state index contributed by atoms with van der Waals surface area (Å²) in [5.41, 5.74) is 4.82. The Kier molecular flexibility index (Phi) is 8.56. The Hall–Kier alpha value is -4.14. The SMILES string of the molecule is Nc1ccc(S(=O)(=O)O)c(N=Nc2c(SOOO)cc3cc(S(=O)(=O)O)cc(NC(=O)c4ccccc4)c3c2O)c1. The average molecular weight is 623 g/mol. The standard InChI is InChI=1S/C23H18N4O11S3/c24-14-6-7-19(41(34,35)36)16(10-14)26-27-21-18(39-38-37-30)9-13-8-15(40(31,32)33)11-17(20(13)22(21)28)25-23(29)12-4-2-1-3-5-12/h1-11,28,30H,24H2,(H,25,29)(H,31,32,33)(H,34,35,36). The van der Waals surface area contributed by atoms with E-state index in [-0.39, 0.29) is 44.6 Å². The number of hydrogen-bond acceptors (Lipinski definition) is 13. The zero-order valence-corrected chi connectivity index (χ0v) is 22.6. The third-order valence-electron chi connectivity index (χ3n) is 5.38. The Morgan fingerprint density at radius 2 is 1.63 bits per heavy atom. The second-order valence-electron chi connectivity index (χ2n) is 8.06. The molecular weight excluding hydrogens is 604 g/mol. The minimum atomic E-state index is -4.81. The van der Waals surface area contributed by atoms with E-state index in [0.29, 0.717) is 0 Å². The Morgan fingerprint density at radius 3 is 2.27 bits per heavy atom. The van der Waals surface area contributed by atoms with Crippen molar-refractivity contribution < 1.29 is 50.5 Å². The summed E-state index contributed by atoms with van der Waals surface area (Å²) in [6.45, 7) is 0. The Labute approximate surface area is 235 Å². The van der Waals surface area contributed by atoms with E-state index in [9.17, 15) is 35.8 Å². The van der Waals surface area contributed by atoms with Crippen molar-refractivity contribution in [2.45, 2.75) is 14.7 Å². The van der Waals surface area contributed by atoms with Crippen LogP contribution in [0.2, 0.25) is 0 Å². The minimum absolute atomic E-state index is 0.0596. The molecule has 18 heteroatoms. The number of fused-ring (bicyclic) bond motifs is 1. The molecule has 4 aromatic rings. The monoisotopic (exact) mass is 622 g/mol. The van der Waals surface area contributed by atoms with Gasteiger partial charge in [0, 0.05) is 16.6 Å². The molecule has 15 nitrogen and oxygen atoms in total. The van der Waals surface area contributed by atoms with E-state index in [0.717, 1.165) is 24.3 Å². The molecule has 0 bridgehead atoms. The van der Waals surface area contributed by atoms with Gasteiger partial charge < -0.3 is 16.2 Å². The molecule has 0 unspecified atom stereocenters. The molecule has 0 saturated carbocycles. The summed E-state index contributed by atoms with van der Waals surface area (Å²) < 4.78 is 71.2. The second-order valence-corrected chi connectivity index (χ2v) is 11.6. The van der Waals surface area contributed by atoms with Crippen LogP contribution in [0.15, 0.2) is 91.6 Å². The highest BCUT2D eigenvalue weighted by Gasteiger charge is 2.23. The highest BCUT2D eigenvalue weighted by molar-refractivity contribution is 7.94. The average Bonchev–Trinajstić information content (AvgIpc) is 2.90. The number of nitrogens with zero attached hydrogens (tertiary/aromatic N) is 2. The van der Waals surface area contributed by atoms with Gasteiger partial charge >= 0.3 is 0 Å². The summed E-state index contributed by atoms with van der Waals surface area (Å²) in [5.74, 6) is -1.42. The van der Waals surface area contributed by atoms with Crippen LogP contribution in [0.3, 0.4) is 0 Å². The van der Waals surface area contributed by atoms with Gasteiger partial charge in [-0.05, 0) is 53.9 Å². The number of anilines is 2. The van der Waals surface area contributed by atoms with Crippen molar-refractivity contribution >= 4 is 71.7 Å². The summed E-state index contributed by atoms with van der Waals surface area (Å²) in [7, 11) is -9.58. The molecule has 0 aliphatic rings. The molecule has 0 spiro atoms. The minimum Gasteiger partial charge on any atom is -0.505 e. The van der Waals surface area contributed by atoms with Crippen molar-refractivity contribution in [2.75, 3.05) is 11.1 Å². The van der Waals surface area contributed by atoms with E-state index >= 15 is 0 Å². The fourth-order valence-electron chi connectivity index (χ4n) is 3.64. The topological polar surface area (TPSA) is 247 Å². The highest BCUT2D eigenvalue weighted by atomic mass is 32.2. The first-order chi connectivity index (χ1) is 19.3. The molecule has 0 aromatic heterocycles. The first kappa shape index (κ1) is 29.8. The number of nitrogen functional groups attached to an aromatic ring is 1. The number of phenolic OH excluding ortho intramolecular Hbond substituents is 1. The van der Waals surface area contributed by atoms with E-state index in [1.165, 1.54) is 24.3 Å². The van der Waals surface area contributed by atoms with Gasteiger partial charge in [0.15, 0.2) is 5.75 Å². The van der Waals surface area contributed by atoms with E-state index in [1.54, 1.807) is 18.2 Å². The third kappa shape index (κ3) is 6.78. The number of phenols is 1. The molecule has 1 amide bonds. The molecule has 4 aromatic carbocycles. The number of rotatable bonds is 9. The van der Waals surface area contributed by atoms with Crippen molar-refractivity contribution in [3.8, 4) is 5.75 Å². The summed E-state index contributed by atoms with van der Waals surface area (Å²) in [6, 6.07) is 14.1.